The fraction of sp³-hybridized carbons (Fsp3) is 0. The number of carbonyl (C=O) groups excluding carboxylic acids is 1. The maximum atomic E-state index is 11.2. The van der Waals surface area contributed by atoms with Crippen molar-refractivity contribution in [2.24, 2.45) is 5.73 Å². The SMILES string of the molecule is NC(=O)c1ccnc2c(=O)[nH]cnc12. The van der Waals surface area contributed by atoms with Crippen LogP contribution in [0.3, 0.4) is 0 Å². The maximum Gasteiger partial charge on any atom is 0.277 e. The molecule has 0 aromatic carbocycles. The summed E-state index contributed by atoms with van der Waals surface area (Å²) in [6.07, 6.45) is 2.55. The summed E-state index contributed by atoms with van der Waals surface area (Å²) >= 11 is 0. The van der Waals surface area contributed by atoms with E-state index < -0.39 is 11.5 Å². The van der Waals surface area contributed by atoms with Gasteiger partial charge in [0.05, 0.1) is 11.9 Å². The third-order valence-electron chi connectivity index (χ3n) is 1.79. The van der Waals surface area contributed by atoms with Gasteiger partial charge in [-0.25, -0.2) is 9.97 Å². The smallest absolute Gasteiger partial charge is 0.277 e. The number of hydrogen-bond acceptors (Lipinski definition) is 4. The van der Waals surface area contributed by atoms with Crippen molar-refractivity contribution in [1.29, 1.82) is 0 Å². The van der Waals surface area contributed by atoms with E-state index >= 15 is 0 Å². The fourth-order valence-corrected chi connectivity index (χ4v) is 1.17. The number of hydrogen-bond donors (Lipinski definition) is 2. The van der Waals surface area contributed by atoms with Crippen LogP contribution in [0.1, 0.15) is 10.4 Å². The zero-order chi connectivity index (χ0) is 10.1. The van der Waals surface area contributed by atoms with Gasteiger partial charge in [0.25, 0.3) is 11.5 Å². The molecule has 0 atom stereocenters. The van der Waals surface area contributed by atoms with Gasteiger partial charge in [0.2, 0.25) is 0 Å². The lowest BCUT2D eigenvalue weighted by molar-refractivity contribution is 0.100. The van der Waals surface area contributed by atoms with Crippen molar-refractivity contribution in [3.8, 4) is 0 Å². The average molecular weight is 190 g/mol. The molecule has 2 aromatic rings. The first-order chi connectivity index (χ1) is 6.70. The highest BCUT2D eigenvalue weighted by Crippen LogP contribution is 2.08. The highest BCUT2D eigenvalue weighted by molar-refractivity contribution is 6.03. The van der Waals surface area contributed by atoms with Gasteiger partial charge in [-0.1, -0.05) is 0 Å². The molecule has 70 valence electrons. The summed E-state index contributed by atoms with van der Waals surface area (Å²) < 4.78 is 0. The van der Waals surface area contributed by atoms with Gasteiger partial charge < -0.3 is 10.7 Å². The molecular weight excluding hydrogens is 184 g/mol. The van der Waals surface area contributed by atoms with Gasteiger partial charge >= 0.3 is 0 Å². The van der Waals surface area contributed by atoms with Crippen molar-refractivity contribution in [3.05, 3.63) is 34.5 Å². The van der Waals surface area contributed by atoms with Gasteiger partial charge in [0.15, 0.2) is 5.52 Å². The molecule has 0 aliphatic carbocycles. The van der Waals surface area contributed by atoms with Crippen LogP contribution in [0.15, 0.2) is 23.4 Å². The van der Waals surface area contributed by atoms with Gasteiger partial charge in [-0.15, -0.1) is 0 Å². The molecule has 0 unspecified atom stereocenters. The van der Waals surface area contributed by atoms with E-state index in [4.69, 9.17) is 5.73 Å². The number of H-pyrrole nitrogens is 1. The summed E-state index contributed by atoms with van der Waals surface area (Å²) in [5.74, 6) is -0.629. The molecule has 1 amide bonds. The van der Waals surface area contributed by atoms with Gasteiger partial charge in [-0.2, -0.15) is 0 Å². The summed E-state index contributed by atoms with van der Waals surface area (Å²) in [5, 5.41) is 0. The van der Waals surface area contributed by atoms with Crippen LogP contribution in [0.25, 0.3) is 11.0 Å². The Morgan fingerprint density at radius 3 is 2.86 bits per heavy atom. The van der Waals surface area contributed by atoms with E-state index in [1.807, 2.05) is 0 Å². The number of aromatic nitrogens is 3. The largest absolute Gasteiger partial charge is 0.366 e. The minimum atomic E-state index is -0.629. The van der Waals surface area contributed by atoms with Crippen molar-refractivity contribution in [2.45, 2.75) is 0 Å². The minimum absolute atomic E-state index is 0.115. The Morgan fingerprint density at radius 2 is 2.14 bits per heavy atom. The molecule has 2 aromatic heterocycles. The lowest BCUT2D eigenvalue weighted by Gasteiger charge is -1.98. The average Bonchev–Trinajstić information content (AvgIpc) is 2.17. The number of fused-ring (bicyclic) bond motifs is 1. The summed E-state index contributed by atoms with van der Waals surface area (Å²) in [6, 6.07) is 1.43. The van der Waals surface area contributed by atoms with E-state index in [9.17, 15) is 9.59 Å². The zero-order valence-corrected chi connectivity index (χ0v) is 7.02. The van der Waals surface area contributed by atoms with E-state index in [1.165, 1.54) is 18.6 Å². The molecule has 0 bridgehead atoms. The van der Waals surface area contributed by atoms with Gasteiger partial charge in [-0.3, -0.25) is 9.59 Å². The number of nitrogens with two attached hydrogens (primary N) is 1. The number of nitrogens with zero attached hydrogens (tertiary/aromatic N) is 2. The lowest BCUT2D eigenvalue weighted by Crippen LogP contribution is -2.15. The third-order valence-corrected chi connectivity index (χ3v) is 1.79. The Balaban J connectivity index is 2.95. The monoisotopic (exact) mass is 190 g/mol. The molecule has 0 fully saturated rings. The second-order valence-corrected chi connectivity index (χ2v) is 2.65. The van der Waals surface area contributed by atoms with Crippen molar-refractivity contribution >= 4 is 16.9 Å². The molecule has 2 rings (SSSR count). The summed E-state index contributed by atoms with van der Waals surface area (Å²) in [7, 11) is 0. The number of rotatable bonds is 1. The third kappa shape index (κ3) is 1.13. The first-order valence-electron chi connectivity index (χ1n) is 3.82. The number of primary amides is 1. The van der Waals surface area contributed by atoms with Crippen LogP contribution >= 0.6 is 0 Å². The number of amides is 1. The van der Waals surface area contributed by atoms with Crippen molar-refractivity contribution in [2.75, 3.05) is 0 Å². The molecule has 0 aliphatic rings. The molecule has 3 N–H and O–H groups in total. The van der Waals surface area contributed by atoms with Crippen LogP contribution in [0.2, 0.25) is 0 Å². The number of pyridine rings is 1. The molecule has 6 nitrogen and oxygen atoms in total. The predicted molar refractivity (Wildman–Crippen MR) is 48.7 cm³/mol. The molecule has 0 aliphatic heterocycles. The number of aromatic amines is 1. The molecule has 0 spiro atoms. The van der Waals surface area contributed by atoms with E-state index in [2.05, 4.69) is 15.0 Å². The standard InChI is InChI=1S/C8H6N4O2/c9-7(13)4-1-2-10-6-5(4)11-3-12-8(6)14/h1-3H,(H2,9,13)(H,11,12,14). The quantitative estimate of drug-likeness (QED) is 0.627. The molecule has 6 heteroatoms. The Bertz CT molecular complexity index is 561. The first kappa shape index (κ1) is 8.36. The Hall–Kier alpha value is -2.24. The Labute approximate surface area is 77.8 Å². The number of carbonyl (C=O) groups is 1. The minimum Gasteiger partial charge on any atom is -0.366 e. The fourth-order valence-electron chi connectivity index (χ4n) is 1.17. The second kappa shape index (κ2) is 2.91. The first-order valence-corrected chi connectivity index (χ1v) is 3.82. The van der Waals surface area contributed by atoms with Crippen molar-refractivity contribution < 1.29 is 4.79 Å². The highest BCUT2D eigenvalue weighted by Gasteiger charge is 2.09. The van der Waals surface area contributed by atoms with E-state index in [0.29, 0.717) is 0 Å². The van der Waals surface area contributed by atoms with E-state index in [0.717, 1.165) is 0 Å². The van der Waals surface area contributed by atoms with Crippen LogP contribution < -0.4 is 11.3 Å². The van der Waals surface area contributed by atoms with E-state index in [-0.39, 0.29) is 16.6 Å². The van der Waals surface area contributed by atoms with Crippen LogP contribution in [-0.4, -0.2) is 20.9 Å². The molecule has 0 saturated carbocycles. The highest BCUT2D eigenvalue weighted by atomic mass is 16.1. The van der Waals surface area contributed by atoms with Crippen LogP contribution in [0.4, 0.5) is 0 Å². The van der Waals surface area contributed by atoms with Gasteiger partial charge in [0, 0.05) is 6.20 Å². The molecule has 0 saturated heterocycles. The lowest BCUT2D eigenvalue weighted by atomic mass is 10.2. The second-order valence-electron chi connectivity index (χ2n) is 2.65. The molecule has 2 heterocycles. The van der Waals surface area contributed by atoms with Crippen molar-refractivity contribution in [1.82, 2.24) is 15.0 Å². The molecular formula is C8H6N4O2. The normalized spacial score (nSPS) is 10.3. The van der Waals surface area contributed by atoms with Gasteiger partial charge in [0.1, 0.15) is 5.52 Å². The summed E-state index contributed by atoms with van der Waals surface area (Å²) in [6.45, 7) is 0. The Kier molecular flexibility index (Phi) is 1.74. The maximum absolute atomic E-state index is 11.2. The van der Waals surface area contributed by atoms with Crippen LogP contribution in [0.5, 0.6) is 0 Å². The van der Waals surface area contributed by atoms with Crippen LogP contribution in [-0.2, 0) is 0 Å². The van der Waals surface area contributed by atoms with Gasteiger partial charge in [-0.05, 0) is 6.07 Å². The topological polar surface area (TPSA) is 102 Å². The molecule has 0 radical (unpaired) electrons. The van der Waals surface area contributed by atoms with Crippen LogP contribution in [0, 0.1) is 0 Å². The Morgan fingerprint density at radius 1 is 1.36 bits per heavy atom. The van der Waals surface area contributed by atoms with E-state index in [1.54, 1.807) is 0 Å². The van der Waals surface area contributed by atoms with Crippen molar-refractivity contribution in [3.63, 3.8) is 0 Å². The summed E-state index contributed by atoms with van der Waals surface area (Å²) in [5.41, 5.74) is 5.26. The predicted octanol–water partition coefficient (Wildman–Crippen LogP) is -0.583. The zero-order valence-electron chi connectivity index (χ0n) is 7.02. The molecule has 14 heavy (non-hydrogen) atoms. The summed E-state index contributed by atoms with van der Waals surface area (Å²) in [4.78, 5) is 32.2. The number of nitrogens with one attached hydrogen (secondary N) is 1.